The zero-order chi connectivity index (χ0) is 15.5. The number of hydrogen-bond acceptors (Lipinski definition) is 4. The van der Waals surface area contributed by atoms with Crippen LogP contribution < -0.4 is 10.2 Å². The van der Waals surface area contributed by atoms with Crippen molar-refractivity contribution in [1.82, 2.24) is 15.3 Å². The van der Waals surface area contributed by atoms with E-state index >= 15 is 0 Å². The molecule has 2 aromatic rings. The Morgan fingerprint density at radius 2 is 2.05 bits per heavy atom. The van der Waals surface area contributed by atoms with Gasteiger partial charge in [-0.25, -0.2) is 9.97 Å². The van der Waals surface area contributed by atoms with E-state index in [-0.39, 0.29) is 11.9 Å². The molecule has 2 heterocycles. The molecule has 1 aliphatic rings. The number of rotatable bonds is 3. The second kappa shape index (κ2) is 6.13. The molecule has 1 saturated heterocycles. The van der Waals surface area contributed by atoms with Crippen molar-refractivity contribution < 1.29 is 4.79 Å². The molecule has 0 saturated carbocycles. The normalized spacial score (nSPS) is 17.5. The Morgan fingerprint density at radius 3 is 2.77 bits per heavy atom. The molecule has 1 aromatic heterocycles. The lowest BCUT2D eigenvalue weighted by Gasteiger charge is -2.19. The van der Waals surface area contributed by atoms with Crippen LogP contribution in [0.1, 0.15) is 19.0 Å². The van der Waals surface area contributed by atoms with Gasteiger partial charge < -0.3 is 10.2 Å². The fourth-order valence-electron chi connectivity index (χ4n) is 2.80. The number of carbonyl (C=O) groups excluding carboxylic acids is 1. The van der Waals surface area contributed by atoms with E-state index in [4.69, 9.17) is 4.98 Å². The third-order valence-electron chi connectivity index (χ3n) is 3.79. The number of carbonyl (C=O) groups is 1. The van der Waals surface area contributed by atoms with E-state index in [9.17, 15) is 4.79 Å². The van der Waals surface area contributed by atoms with Gasteiger partial charge >= 0.3 is 0 Å². The van der Waals surface area contributed by atoms with Crippen molar-refractivity contribution in [2.24, 2.45) is 0 Å². The summed E-state index contributed by atoms with van der Waals surface area (Å²) in [6.07, 6.45) is 0.948. The summed E-state index contributed by atoms with van der Waals surface area (Å²) in [6.45, 7) is 5.24. The fourth-order valence-corrected chi connectivity index (χ4v) is 2.80. The number of aromatic nitrogens is 2. The number of benzene rings is 1. The number of aryl methyl sites for hydroxylation is 1. The molecule has 0 radical (unpaired) electrons. The van der Waals surface area contributed by atoms with Crippen molar-refractivity contribution in [2.45, 2.75) is 26.3 Å². The number of nitrogens with zero attached hydrogens (tertiary/aromatic N) is 3. The molecule has 3 rings (SSSR count). The first-order valence-electron chi connectivity index (χ1n) is 7.55. The lowest BCUT2D eigenvalue weighted by atomic mass is 10.2. The maximum Gasteiger partial charge on any atom is 0.217 e. The van der Waals surface area contributed by atoms with Crippen molar-refractivity contribution in [3.8, 4) is 11.4 Å². The second-order valence-corrected chi connectivity index (χ2v) is 5.69. The summed E-state index contributed by atoms with van der Waals surface area (Å²) in [4.78, 5) is 22.6. The standard InChI is InChI=1S/C17H20N4O/c1-12-10-16(21-9-8-15(11-21)19-13(2)22)20-17(18-12)14-6-4-3-5-7-14/h3-7,10,15H,8-9,11H2,1-2H3,(H,19,22). The van der Waals surface area contributed by atoms with E-state index in [1.54, 1.807) is 6.92 Å². The minimum atomic E-state index is 0.0238. The average Bonchev–Trinajstić information content (AvgIpc) is 2.95. The molecule has 1 aliphatic heterocycles. The van der Waals surface area contributed by atoms with Gasteiger partial charge in [-0.2, -0.15) is 0 Å². The molecule has 22 heavy (non-hydrogen) atoms. The van der Waals surface area contributed by atoms with E-state index < -0.39 is 0 Å². The van der Waals surface area contributed by atoms with Gasteiger partial charge in [-0.05, 0) is 13.3 Å². The summed E-state index contributed by atoms with van der Waals surface area (Å²) in [7, 11) is 0. The molecule has 1 N–H and O–H groups in total. The van der Waals surface area contributed by atoms with Gasteiger partial charge in [-0.1, -0.05) is 30.3 Å². The predicted molar refractivity (Wildman–Crippen MR) is 86.6 cm³/mol. The summed E-state index contributed by atoms with van der Waals surface area (Å²) in [5.41, 5.74) is 1.97. The van der Waals surface area contributed by atoms with Crippen LogP contribution in [0.5, 0.6) is 0 Å². The van der Waals surface area contributed by atoms with Crippen LogP contribution >= 0.6 is 0 Å². The first-order chi connectivity index (χ1) is 10.6. The molecule has 0 bridgehead atoms. The maximum atomic E-state index is 11.2. The van der Waals surface area contributed by atoms with Gasteiger partial charge in [0.15, 0.2) is 5.82 Å². The molecule has 5 heteroatoms. The van der Waals surface area contributed by atoms with Crippen LogP contribution in [0.4, 0.5) is 5.82 Å². The lowest BCUT2D eigenvalue weighted by molar-refractivity contribution is -0.119. The van der Waals surface area contributed by atoms with Crippen molar-refractivity contribution in [3.63, 3.8) is 0 Å². The number of hydrogen-bond donors (Lipinski definition) is 1. The minimum absolute atomic E-state index is 0.0238. The summed E-state index contributed by atoms with van der Waals surface area (Å²) < 4.78 is 0. The first-order valence-corrected chi connectivity index (χ1v) is 7.55. The molecule has 5 nitrogen and oxygen atoms in total. The summed E-state index contributed by atoms with van der Waals surface area (Å²) in [5.74, 6) is 1.70. The smallest absolute Gasteiger partial charge is 0.217 e. The zero-order valence-electron chi connectivity index (χ0n) is 12.9. The predicted octanol–water partition coefficient (Wildman–Crippen LogP) is 2.17. The van der Waals surface area contributed by atoms with Gasteiger partial charge in [-0.15, -0.1) is 0 Å². The van der Waals surface area contributed by atoms with Gasteiger partial charge in [-0.3, -0.25) is 4.79 Å². The van der Waals surface area contributed by atoms with Crippen molar-refractivity contribution >= 4 is 11.7 Å². The Hall–Kier alpha value is -2.43. The number of nitrogens with one attached hydrogen (secondary N) is 1. The molecular formula is C17H20N4O. The van der Waals surface area contributed by atoms with Gasteiger partial charge in [0, 0.05) is 43.4 Å². The zero-order valence-corrected chi connectivity index (χ0v) is 12.9. The van der Waals surface area contributed by atoms with Crippen LogP contribution in [0.2, 0.25) is 0 Å². The van der Waals surface area contributed by atoms with Crippen molar-refractivity contribution in [1.29, 1.82) is 0 Å². The van der Waals surface area contributed by atoms with E-state index in [2.05, 4.69) is 15.2 Å². The SMILES string of the molecule is CC(=O)NC1CCN(c2cc(C)nc(-c3ccccc3)n2)C1. The largest absolute Gasteiger partial charge is 0.354 e. The van der Waals surface area contributed by atoms with Crippen LogP contribution in [0, 0.1) is 6.92 Å². The third kappa shape index (κ3) is 3.24. The molecule has 0 spiro atoms. The van der Waals surface area contributed by atoms with Crippen LogP contribution in [0.15, 0.2) is 36.4 Å². The highest BCUT2D eigenvalue weighted by atomic mass is 16.1. The van der Waals surface area contributed by atoms with Gasteiger partial charge in [0.25, 0.3) is 0 Å². The molecule has 1 atom stereocenters. The molecule has 1 amide bonds. The van der Waals surface area contributed by atoms with Crippen LogP contribution in [0.25, 0.3) is 11.4 Å². The minimum Gasteiger partial charge on any atom is -0.354 e. The summed E-state index contributed by atoms with van der Waals surface area (Å²) >= 11 is 0. The monoisotopic (exact) mass is 296 g/mol. The lowest BCUT2D eigenvalue weighted by Crippen LogP contribution is -2.35. The molecule has 1 fully saturated rings. The third-order valence-corrected chi connectivity index (χ3v) is 3.79. The number of anilines is 1. The molecule has 114 valence electrons. The highest BCUT2D eigenvalue weighted by molar-refractivity contribution is 5.73. The highest BCUT2D eigenvalue weighted by Crippen LogP contribution is 2.23. The first kappa shape index (κ1) is 14.5. The summed E-state index contributed by atoms with van der Waals surface area (Å²) in [5, 5.41) is 2.98. The Bertz CT molecular complexity index is 672. The Labute approximate surface area is 130 Å². The number of amides is 1. The molecular weight excluding hydrogens is 276 g/mol. The van der Waals surface area contributed by atoms with Gasteiger partial charge in [0.1, 0.15) is 5.82 Å². The van der Waals surface area contributed by atoms with Crippen molar-refractivity contribution in [2.75, 3.05) is 18.0 Å². The Morgan fingerprint density at radius 1 is 1.27 bits per heavy atom. The average molecular weight is 296 g/mol. The van der Waals surface area contributed by atoms with E-state index in [0.29, 0.717) is 0 Å². The Kier molecular flexibility index (Phi) is 4.04. The molecule has 0 aliphatic carbocycles. The van der Waals surface area contributed by atoms with Crippen LogP contribution in [0.3, 0.4) is 0 Å². The van der Waals surface area contributed by atoms with Crippen molar-refractivity contribution in [3.05, 3.63) is 42.1 Å². The molecule has 1 unspecified atom stereocenters. The van der Waals surface area contributed by atoms with Gasteiger partial charge in [0.2, 0.25) is 5.91 Å². The summed E-state index contributed by atoms with van der Waals surface area (Å²) in [6, 6.07) is 12.2. The topological polar surface area (TPSA) is 58.1 Å². The maximum absolute atomic E-state index is 11.2. The van der Waals surface area contributed by atoms with E-state index in [1.165, 1.54) is 0 Å². The Balaban J connectivity index is 1.83. The molecule has 1 aromatic carbocycles. The van der Waals surface area contributed by atoms with E-state index in [1.807, 2.05) is 43.3 Å². The quantitative estimate of drug-likeness (QED) is 0.943. The fraction of sp³-hybridized carbons (Fsp3) is 0.353. The van der Waals surface area contributed by atoms with E-state index in [0.717, 1.165) is 42.4 Å². The van der Waals surface area contributed by atoms with Gasteiger partial charge in [0.05, 0.1) is 0 Å². The second-order valence-electron chi connectivity index (χ2n) is 5.69. The van der Waals surface area contributed by atoms with Crippen LogP contribution in [-0.2, 0) is 4.79 Å². The van der Waals surface area contributed by atoms with Crippen LogP contribution in [-0.4, -0.2) is 35.0 Å². The highest BCUT2D eigenvalue weighted by Gasteiger charge is 2.24.